The van der Waals surface area contributed by atoms with Gasteiger partial charge in [-0.2, -0.15) is 0 Å². The van der Waals surface area contributed by atoms with Crippen LogP contribution in [-0.4, -0.2) is 36.0 Å². The molecule has 0 aliphatic carbocycles. The number of nitrogens with zero attached hydrogens (tertiary/aromatic N) is 1. The van der Waals surface area contributed by atoms with Crippen molar-refractivity contribution in [2.75, 3.05) is 18.5 Å². The van der Waals surface area contributed by atoms with Crippen molar-refractivity contribution in [3.05, 3.63) is 120 Å². The fourth-order valence-electron chi connectivity index (χ4n) is 3.82. The highest BCUT2D eigenvalue weighted by Crippen LogP contribution is 2.20. The Balaban J connectivity index is 1.21. The molecule has 4 rings (SSSR count). The number of para-hydroxylation sites is 1. The Bertz CT molecular complexity index is 1290. The van der Waals surface area contributed by atoms with E-state index in [0.717, 1.165) is 28.1 Å². The predicted octanol–water partition coefficient (Wildman–Crippen LogP) is 6.28. The molecule has 0 saturated carbocycles. The monoisotopic (exact) mass is 494 g/mol. The molecule has 188 valence electrons. The molecule has 0 aliphatic rings. The highest BCUT2D eigenvalue weighted by Gasteiger charge is 2.17. The van der Waals surface area contributed by atoms with Crippen LogP contribution < -0.4 is 10.1 Å². The van der Waals surface area contributed by atoms with Crippen molar-refractivity contribution in [3.8, 4) is 16.9 Å². The molecule has 37 heavy (non-hydrogen) atoms. The summed E-state index contributed by atoms with van der Waals surface area (Å²) >= 11 is 0. The molecule has 1 unspecified atom stereocenters. The zero-order chi connectivity index (χ0) is 25.9. The van der Waals surface area contributed by atoms with E-state index < -0.39 is 12.0 Å². The molecule has 6 heteroatoms. The summed E-state index contributed by atoms with van der Waals surface area (Å²) in [7, 11) is 0. The Morgan fingerprint density at radius 1 is 0.811 bits per heavy atom. The van der Waals surface area contributed by atoms with Crippen LogP contribution in [0, 0.1) is 0 Å². The van der Waals surface area contributed by atoms with Crippen LogP contribution in [0.1, 0.15) is 18.1 Å². The quantitative estimate of drug-likeness (QED) is 0.138. The third kappa shape index (κ3) is 7.70. The van der Waals surface area contributed by atoms with Crippen molar-refractivity contribution in [2.24, 2.45) is 5.16 Å². The Labute approximate surface area is 217 Å². The lowest BCUT2D eigenvalue weighted by Crippen LogP contribution is -2.31. The molecule has 0 spiro atoms. The van der Waals surface area contributed by atoms with E-state index in [1.807, 2.05) is 91.9 Å². The van der Waals surface area contributed by atoms with Crippen molar-refractivity contribution in [1.29, 1.82) is 0 Å². The van der Waals surface area contributed by atoms with Gasteiger partial charge in [-0.3, -0.25) is 0 Å². The lowest BCUT2D eigenvalue weighted by molar-refractivity contribution is -0.137. The van der Waals surface area contributed by atoms with Gasteiger partial charge < -0.3 is 20.0 Å². The molecule has 0 aliphatic heterocycles. The van der Waals surface area contributed by atoms with Crippen LogP contribution in [0.5, 0.6) is 5.75 Å². The number of carboxylic acid groups (broad SMARTS) is 1. The van der Waals surface area contributed by atoms with Gasteiger partial charge in [0.1, 0.15) is 18.4 Å². The van der Waals surface area contributed by atoms with Crippen LogP contribution in [0.4, 0.5) is 5.69 Å². The number of rotatable bonds is 12. The third-order valence-electron chi connectivity index (χ3n) is 5.83. The molecule has 0 saturated heterocycles. The van der Waals surface area contributed by atoms with Gasteiger partial charge in [0, 0.05) is 12.1 Å². The highest BCUT2D eigenvalue weighted by molar-refractivity contribution is 5.98. The van der Waals surface area contributed by atoms with Crippen molar-refractivity contribution < 1.29 is 19.5 Å². The van der Waals surface area contributed by atoms with E-state index in [1.165, 1.54) is 5.56 Å². The average molecular weight is 495 g/mol. The topological polar surface area (TPSA) is 80.2 Å². The Kier molecular flexibility index (Phi) is 8.92. The van der Waals surface area contributed by atoms with Crippen molar-refractivity contribution >= 4 is 17.4 Å². The summed E-state index contributed by atoms with van der Waals surface area (Å²) in [6, 6.07) is 34.5. The van der Waals surface area contributed by atoms with E-state index in [-0.39, 0.29) is 0 Å². The smallest absolute Gasteiger partial charge is 0.326 e. The molecular weight excluding hydrogens is 464 g/mol. The summed E-state index contributed by atoms with van der Waals surface area (Å²) in [5.41, 5.74) is 5.80. The van der Waals surface area contributed by atoms with Gasteiger partial charge in [0.2, 0.25) is 0 Å². The van der Waals surface area contributed by atoms with Crippen molar-refractivity contribution in [3.63, 3.8) is 0 Å². The number of benzene rings is 4. The summed E-state index contributed by atoms with van der Waals surface area (Å²) in [4.78, 5) is 17.1. The zero-order valence-electron chi connectivity index (χ0n) is 20.7. The number of hydrogen-bond donors (Lipinski definition) is 2. The summed E-state index contributed by atoms with van der Waals surface area (Å²) in [5.74, 6) is -0.211. The molecule has 0 fully saturated rings. The van der Waals surface area contributed by atoms with E-state index in [4.69, 9.17) is 9.57 Å². The minimum absolute atomic E-state index is 0.309. The molecule has 4 aromatic rings. The van der Waals surface area contributed by atoms with Gasteiger partial charge in [-0.05, 0) is 53.4 Å². The second-order valence-corrected chi connectivity index (χ2v) is 8.55. The van der Waals surface area contributed by atoms with Crippen LogP contribution in [0.3, 0.4) is 0 Å². The average Bonchev–Trinajstić information content (AvgIpc) is 2.94. The SMILES string of the molecule is C/C(=N/OCCOc1ccc(CC(Nc2ccccc2)C(=O)O)cc1)c1ccc(-c2ccccc2)cc1. The predicted molar refractivity (Wildman–Crippen MR) is 147 cm³/mol. The van der Waals surface area contributed by atoms with Gasteiger partial charge >= 0.3 is 5.97 Å². The van der Waals surface area contributed by atoms with Crippen LogP contribution >= 0.6 is 0 Å². The maximum Gasteiger partial charge on any atom is 0.326 e. The van der Waals surface area contributed by atoms with Gasteiger partial charge in [-0.1, -0.05) is 90.1 Å². The number of carbonyl (C=O) groups is 1. The molecule has 0 heterocycles. The Hall–Kier alpha value is -4.58. The molecule has 0 radical (unpaired) electrons. The molecule has 0 amide bonds. The van der Waals surface area contributed by atoms with Crippen molar-refractivity contribution in [1.82, 2.24) is 0 Å². The molecule has 2 N–H and O–H groups in total. The molecule has 1 atom stereocenters. The Morgan fingerprint density at radius 2 is 1.43 bits per heavy atom. The number of anilines is 1. The van der Waals surface area contributed by atoms with E-state index in [1.54, 1.807) is 0 Å². The van der Waals surface area contributed by atoms with Gasteiger partial charge in [0.15, 0.2) is 6.61 Å². The first-order valence-electron chi connectivity index (χ1n) is 12.2. The normalized spacial score (nSPS) is 12.0. The minimum Gasteiger partial charge on any atom is -0.490 e. The number of hydrogen-bond acceptors (Lipinski definition) is 5. The van der Waals surface area contributed by atoms with E-state index in [2.05, 4.69) is 34.7 Å². The van der Waals surface area contributed by atoms with Gasteiger partial charge in [0.05, 0.1) is 5.71 Å². The standard InChI is InChI=1S/C31H30N2O4/c1-23(25-14-16-27(17-15-25)26-8-4-2-5-9-26)33-37-21-20-36-29-18-12-24(13-19-29)22-30(31(34)35)32-28-10-6-3-7-11-28/h2-19,30,32H,20-22H2,1H3,(H,34,35)/b33-23-. The number of nitrogens with one attached hydrogen (secondary N) is 1. The molecular formula is C31H30N2O4. The second kappa shape index (κ2) is 12.9. The summed E-state index contributed by atoms with van der Waals surface area (Å²) in [5, 5.41) is 16.8. The lowest BCUT2D eigenvalue weighted by Gasteiger charge is -2.16. The maximum atomic E-state index is 11.7. The fraction of sp³-hybridized carbons (Fsp3) is 0.161. The summed E-state index contributed by atoms with van der Waals surface area (Å²) in [6.07, 6.45) is 0.355. The number of ether oxygens (including phenoxy) is 1. The van der Waals surface area contributed by atoms with Gasteiger partial charge in [-0.25, -0.2) is 4.79 Å². The van der Waals surface area contributed by atoms with E-state index in [9.17, 15) is 9.90 Å². The van der Waals surface area contributed by atoms with Gasteiger partial charge in [0.25, 0.3) is 0 Å². The first-order chi connectivity index (χ1) is 18.1. The molecule has 0 bridgehead atoms. The van der Waals surface area contributed by atoms with E-state index in [0.29, 0.717) is 25.4 Å². The zero-order valence-corrected chi connectivity index (χ0v) is 20.7. The lowest BCUT2D eigenvalue weighted by atomic mass is 10.0. The largest absolute Gasteiger partial charge is 0.490 e. The number of aliphatic carboxylic acids is 1. The van der Waals surface area contributed by atoms with Gasteiger partial charge in [-0.15, -0.1) is 0 Å². The van der Waals surface area contributed by atoms with Crippen molar-refractivity contribution in [2.45, 2.75) is 19.4 Å². The van der Waals surface area contributed by atoms with E-state index >= 15 is 0 Å². The molecule has 0 aromatic heterocycles. The first-order valence-corrected chi connectivity index (χ1v) is 12.2. The summed E-state index contributed by atoms with van der Waals surface area (Å²) < 4.78 is 5.74. The number of oxime groups is 1. The maximum absolute atomic E-state index is 11.7. The third-order valence-corrected chi connectivity index (χ3v) is 5.83. The van der Waals surface area contributed by atoms with Crippen LogP contribution in [-0.2, 0) is 16.1 Å². The Morgan fingerprint density at radius 3 is 2.08 bits per heavy atom. The second-order valence-electron chi connectivity index (χ2n) is 8.55. The van der Waals surface area contributed by atoms with Crippen LogP contribution in [0.2, 0.25) is 0 Å². The fourth-order valence-corrected chi connectivity index (χ4v) is 3.82. The van der Waals surface area contributed by atoms with Crippen LogP contribution in [0.15, 0.2) is 114 Å². The minimum atomic E-state index is -0.899. The summed E-state index contributed by atoms with van der Waals surface area (Å²) in [6.45, 7) is 2.56. The van der Waals surface area contributed by atoms with Crippen LogP contribution in [0.25, 0.3) is 11.1 Å². The number of carboxylic acids is 1. The molecule has 6 nitrogen and oxygen atoms in total. The first kappa shape index (κ1) is 25.5. The highest BCUT2D eigenvalue weighted by atomic mass is 16.6. The molecule has 4 aromatic carbocycles.